The van der Waals surface area contributed by atoms with Gasteiger partial charge < -0.3 is 24.7 Å². The molecule has 4 aromatic rings. The molecular formula is C30H29FN6O3. The van der Waals surface area contributed by atoms with Gasteiger partial charge in [-0.15, -0.1) is 0 Å². The summed E-state index contributed by atoms with van der Waals surface area (Å²) in [6.07, 6.45) is 4.29. The summed E-state index contributed by atoms with van der Waals surface area (Å²) in [6.45, 7) is 6.90. The molecular weight excluding hydrogens is 511 g/mol. The number of carbonyl (C=O) groups excluding carboxylic acids is 1. The van der Waals surface area contributed by atoms with Gasteiger partial charge in [-0.05, 0) is 49.4 Å². The first kappa shape index (κ1) is 26.7. The maximum atomic E-state index is 13.8. The number of carbonyl (C=O) groups is 1. The van der Waals surface area contributed by atoms with Crippen molar-refractivity contribution in [1.29, 1.82) is 5.26 Å². The number of aromatic nitrogens is 2. The standard InChI is InChI=1S/C30H29FN6O3/c1-4-33-15-18(2)36-30(38)21-12-26(39-3)28(35-16-21)27-13-24-29(40-27)23(7-9-34-24)19-5-6-25(20(11-19)14-32)37-10-8-22(31)17-37/h4-7,9,11-13,16,18,22,33H,1,8,10,15,17H2,2-3H3,(H,36,38)/t18-,22-/m1/s1. The van der Waals surface area contributed by atoms with Crippen LogP contribution >= 0.6 is 0 Å². The molecule has 1 saturated heterocycles. The van der Waals surface area contributed by atoms with E-state index < -0.39 is 6.17 Å². The van der Waals surface area contributed by atoms with Gasteiger partial charge in [-0.25, -0.2) is 9.37 Å². The fourth-order valence-electron chi connectivity index (χ4n) is 4.82. The molecule has 1 amide bonds. The van der Waals surface area contributed by atoms with Gasteiger partial charge in [-0.3, -0.25) is 9.78 Å². The molecule has 2 N–H and O–H groups in total. The summed E-state index contributed by atoms with van der Waals surface area (Å²) in [5.41, 5.74) is 4.61. The predicted molar refractivity (Wildman–Crippen MR) is 151 cm³/mol. The lowest BCUT2D eigenvalue weighted by atomic mass is 10.0. The van der Waals surface area contributed by atoms with Gasteiger partial charge in [0.25, 0.3) is 5.91 Å². The van der Waals surface area contributed by atoms with E-state index in [1.54, 1.807) is 30.6 Å². The maximum Gasteiger partial charge on any atom is 0.253 e. The van der Waals surface area contributed by atoms with Crippen LogP contribution in [0.15, 0.2) is 66.0 Å². The molecule has 5 rings (SSSR count). The predicted octanol–water partition coefficient (Wildman–Crippen LogP) is 4.84. The zero-order chi connectivity index (χ0) is 28.2. The molecule has 0 radical (unpaired) electrons. The summed E-state index contributed by atoms with van der Waals surface area (Å²) in [6, 6.07) is 12.9. The lowest BCUT2D eigenvalue weighted by Gasteiger charge is -2.19. The number of hydrogen-bond donors (Lipinski definition) is 2. The summed E-state index contributed by atoms with van der Waals surface area (Å²) in [7, 11) is 1.50. The summed E-state index contributed by atoms with van der Waals surface area (Å²) in [5.74, 6) is 0.514. The van der Waals surface area contributed by atoms with Crippen LogP contribution in [0.4, 0.5) is 10.1 Å². The number of halogens is 1. The topological polar surface area (TPSA) is 116 Å². The largest absolute Gasteiger partial charge is 0.494 e. The fraction of sp³-hybridized carbons (Fsp3) is 0.267. The number of benzene rings is 1. The number of methoxy groups -OCH3 is 1. The Morgan fingerprint density at radius 1 is 1.35 bits per heavy atom. The van der Waals surface area contributed by atoms with Crippen molar-refractivity contribution < 1.29 is 18.3 Å². The number of amides is 1. The molecule has 0 bridgehead atoms. The van der Waals surface area contributed by atoms with Crippen molar-refractivity contribution in [3.05, 3.63) is 72.7 Å². The molecule has 9 nitrogen and oxygen atoms in total. The Morgan fingerprint density at radius 3 is 2.92 bits per heavy atom. The van der Waals surface area contributed by atoms with Crippen LogP contribution < -0.4 is 20.3 Å². The quantitative estimate of drug-likeness (QED) is 0.310. The van der Waals surface area contributed by atoms with Gasteiger partial charge in [0.15, 0.2) is 11.3 Å². The molecule has 3 aromatic heterocycles. The van der Waals surface area contributed by atoms with Crippen molar-refractivity contribution in [1.82, 2.24) is 20.6 Å². The second kappa shape index (κ2) is 11.5. The van der Waals surface area contributed by atoms with Crippen LogP contribution in [0.3, 0.4) is 0 Å². The van der Waals surface area contributed by atoms with Crippen molar-refractivity contribution in [2.75, 3.05) is 31.6 Å². The molecule has 0 unspecified atom stereocenters. The number of anilines is 1. The van der Waals surface area contributed by atoms with Gasteiger partial charge in [0.05, 0.1) is 23.9 Å². The molecule has 4 heterocycles. The second-order valence-electron chi connectivity index (χ2n) is 9.62. The van der Waals surface area contributed by atoms with Crippen LogP contribution in [0, 0.1) is 11.3 Å². The van der Waals surface area contributed by atoms with Crippen LogP contribution in [0.25, 0.3) is 33.7 Å². The van der Waals surface area contributed by atoms with Crippen LogP contribution in [-0.2, 0) is 0 Å². The van der Waals surface area contributed by atoms with E-state index in [4.69, 9.17) is 9.15 Å². The minimum atomic E-state index is -0.884. The normalized spacial score (nSPS) is 15.4. The van der Waals surface area contributed by atoms with E-state index in [2.05, 4.69) is 33.2 Å². The summed E-state index contributed by atoms with van der Waals surface area (Å²) >= 11 is 0. The highest BCUT2D eigenvalue weighted by Crippen LogP contribution is 2.37. The van der Waals surface area contributed by atoms with Crippen LogP contribution in [0.5, 0.6) is 5.75 Å². The highest BCUT2D eigenvalue weighted by atomic mass is 19.1. The molecule has 1 aromatic carbocycles. The lowest BCUT2D eigenvalue weighted by molar-refractivity contribution is 0.0939. The number of ether oxygens (including phenoxy) is 1. The molecule has 1 aliphatic rings. The smallest absolute Gasteiger partial charge is 0.253 e. The van der Waals surface area contributed by atoms with Crippen LogP contribution in [-0.4, -0.2) is 54.8 Å². The summed E-state index contributed by atoms with van der Waals surface area (Å²) in [4.78, 5) is 23.5. The zero-order valence-corrected chi connectivity index (χ0v) is 22.3. The second-order valence-corrected chi connectivity index (χ2v) is 9.62. The third-order valence-electron chi connectivity index (χ3n) is 6.83. The fourth-order valence-corrected chi connectivity index (χ4v) is 4.82. The minimum Gasteiger partial charge on any atom is -0.494 e. The number of nitrogens with zero attached hydrogens (tertiary/aromatic N) is 4. The Hall–Kier alpha value is -4.91. The van der Waals surface area contributed by atoms with Crippen LogP contribution in [0.2, 0.25) is 0 Å². The number of rotatable bonds is 9. The van der Waals surface area contributed by atoms with Gasteiger partial charge in [-0.2, -0.15) is 5.26 Å². The number of nitrogens with one attached hydrogen (secondary N) is 2. The SMILES string of the molecule is C=CNC[C@@H](C)NC(=O)c1cnc(-c2cc3nccc(-c4ccc(N5CC[C@@H](F)C5)c(C#N)c4)c3o2)c(OC)c1. The van der Waals surface area contributed by atoms with Crippen molar-refractivity contribution in [2.24, 2.45) is 0 Å². The van der Waals surface area contributed by atoms with E-state index in [-0.39, 0.29) is 18.5 Å². The number of hydrogen-bond acceptors (Lipinski definition) is 8. The molecule has 1 fully saturated rings. The molecule has 204 valence electrons. The van der Waals surface area contributed by atoms with Gasteiger partial charge >= 0.3 is 0 Å². The third kappa shape index (κ3) is 5.31. The number of nitriles is 1. The minimum absolute atomic E-state index is 0.123. The Labute approximate surface area is 231 Å². The lowest BCUT2D eigenvalue weighted by Crippen LogP contribution is -2.38. The van der Waals surface area contributed by atoms with E-state index in [1.807, 2.05) is 30.0 Å². The molecule has 0 spiro atoms. The Bertz CT molecular complexity index is 1610. The molecule has 40 heavy (non-hydrogen) atoms. The van der Waals surface area contributed by atoms with Crippen molar-refractivity contribution in [3.8, 4) is 34.4 Å². The number of alkyl halides is 1. The molecule has 1 aliphatic heterocycles. The monoisotopic (exact) mass is 540 g/mol. The first-order chi connectivity index (χ1) is 19.4. The molecule has 0 saturated carbocycles. The Morgan fingerprint density at radius 2 is 2.20 bits per heavy atom. The summed E-state index contributed by atoms with van der Waals surface area (Å²) < 4.78 is 25.6. The Balaban J connectivity index is 1.46. The van der Waals surface area contributed by atoms with Gasteiger partial charge in [0.2, 0.25) is 0 Å². The average molecular weight is 541 g/mol. The zero-order valence-electron chi connectivity index (χ0n) is 22.3. The molecule has 10 heteroatoms. The van der Waals surface area contributed by atoms with Crippen molar-refractivity contribution >= 4 is 22.7 Å². The van der Waals surface area contributed by atoms with Crippen molar-refractivity contribution in [2.45, 2.75) is 25.6 Å². The van der Waals surface area contributed by atoms with E-state index >= 15 is 0 Å². The summed E-state index contributed by atoms with van der Waals surface area (Å²) in [5, 5.41) is 15.7. The molecule has 2 atom stereocenters. The average Bonchev–Trinajstić information content (AvgIpc) is 3.61. The van der Waals surface area contributed by atoms with E-state index in [0.29, 0.717) is 58.9 Å². The molecule has 0 aliphatic carbocycles. The number of fused-ring (bicyclic) bond motifs is 1. The van der Waals surface area contributed by atoms with Crippen molar-refractivity contribution in [3.63, 3.8) is 0 Å². The Kier molecular flexibility index (Phi) is 7.64. The third-order valence-corrected chi connectivity index (χ3v) is 6.83. The number of pyridine rings is 2. The number of furan rings is 1. The van der Waals surface area contributed by atoms with E-state index in [0.717, 1.165) is 16.8 Å². The van der Waals surface area contributed by atoms with E-state index in [1.165, 1.54) is 13.3 Å². The van der Waals surface area contributed by atoms with Gasteiger partial charge in [0.1, 0.15) is 29.2 Å². The highest BCUT2D eigenvalue weighted by molar-refractivity contribution is 5.96. The van der Waals surface area contributed by atoms with E-state index in [9.17, 15) is 14.4 Å². The van der Waals surface area contributed by atoms with Gasteiger partial charge in [-0.1, -0.05) is 12.6 Å². The maximum absolute atomic E-state index is 13.8. The highest BCUT2D eigenvalue weighted by Gasteiger charge is 2.25. The first-order valence-corrected chi connectivity index (χ1v) is 12.9. The first-order valence-electron chi connectivity index (χ1n) is 12.9. The van der Waals surface area contributed by atoms with Crippen LogP contribution in [0.1, 0.15) is 29.3 Å². The van der Waals surface area contributed by atoms with Gasteiger partial charge in [0, 0.05) is 49.7 Å².